The first-order valence-electron chi connectivity index (χ1n) is 7.71. The molecule has 0 saturated carbocycles. The quantitative estimate of drug-likeness (QED) is 0.396. The first kappa shape index (κ1) is 19.8. The molecular weight excluding hydrogens is 379 g/mol. The van der Waals surface area contributed by atoms with Crippen molar-refractivity contribution < 1.29 is 24.5 Å². The number of carboxylic acids is 2. The maximum Gasteiger partial charge on any atom is 0.343 e. The minimum Gasteiger partial charge on any atom is -0.489 e. The van der Waals surface area contributed by atoms with Crippen LogP contribution in [-0.2, 0) is 16.2 Å². The van der Waals surface area contributed by atoms with E-state index < -0.39 is 17.5 Å². The first-order valence-corrected chi connectivity index (χ1v) is 8.46. The lowest BCUT2D eigenvalue weighted by atomic mass is 9.97. The van der Waals surface area contributed by atoms with E-state index in [1.807, 2.05) is 0 Å². The Hall–Kier alpha value is -2.50. The number of rotatable bonds is 7. The van der Waals surface area contributed by atoms with Gasteiger partial charge >= 0.3 is 11.9 Å². The monoisotopic (exact) mass is 394 g/mol. The molecule has 2 rings (SSSR count). The third-order valence-corrected chi connectivity index (χ3v) is 4.44. The van der Waals surface area contributed by atoms with Crippen molar-refractivity contribution in [3.05, 3.63) is 69.2 Å². The SMILES string of the molecule is CCC(=C(C(=O)O)C(=O)O)c1ccc(OCc2c(Cl)cccc2Cl)cc1. The highest BCUT2D eigenvalue weighted by Crippen LogP contribution is 2.28. The number of halogens is 2. The van der Waals surface area contributed by atoms with Crippen LogP contribution in [0.2, 0.25) is 10.0 Å². The van der Waals surface area contributed by atoms with Gasteiger partial charge in [0.25, 0.3) is 0 Å². The van der Waals surface area contributed by atoms with Gasteiger partial charge in [-0.05, 0) is 41.8 Å². The maximum atomic E-state index is 11.2. The van der Waals surface area contributed by atoms with Crippen molar-refractivity contribution in [3.63, 3.8) is 0 Å². The van der Waals surface area contributed by atoms with Crippen LogP contribution < -0.4 is 4.74 Å². The van der Waals surface area contributed by atoms with E-state index in [4.69, 9.17) is 38.2 Å². The molecule has 0 unspecified atom stereocenters. The van der Waals surface area contributed by atoms with Gasteiger partial charge in [0.1, 0.15) is 17.9 Å². The minimum atomic E-state index is -1.47. The number of carboxylic acid groups (broad SMARTS) is 2. The van der Waals surface area contributed by atoms with Crippen LogP contribution in [-0.4, -0.2) is 22.2 Å². The number of hydrogen-bond donors (Lipinski definition) is 2. The number of carbonyl (C=O) groups is 2. The second-order valence-electron chi connectivity index (χ2n) is 5.33. The first-order chi connectivity index (χ1) is 12.3. The molecule has 2 aromatic carbocycles. The molecule has 2 aromatic rings. The molecule has 0 aromatic heterocycles. The molecule has 7 heteroatoms. The van der Waals surface area contributed by atoms with Crippen LogP contribution >= 0.6 is 23.2 Å². The van der Waals surface area contributed by atoms with E-state index in [-0.39, 0.29) is 18.6 Å². The number of hydrogen-bond acceptors (Lipinski definition) is 3. The second-order valence-corrected chi connectivity index (χ2v) is 6.15. The topological polar surface area (TPSA) is 83.8 Å². The summed E-state index contributed by atoms with van der Waals surface area (Å²) < 4.78 is 5.66. The summed E-state index contributed by atoms with van der Waals surface area (Å²) in [6.07, 6.45) is 0.267. The van der Waals surface area contributed by atoms with Crippen LogP contribution in [0.5, 0.6) is 5.75 Å². The average Bonchev–Trinajstić information content (AvgIpc) is 2.59. The molecule has 0 saturated heterocycles. The Balaban J connectivity index is 2.23. The predicted molar refractivity (Wildman–Crippen MR) is 99.7 cm³/mol. The molecule has 0 spiro atoms. The Bertz CT molecular complexity index is 820. The summed E-state index contributed by atoms with van der Waals surface area (Å²) in [6.45, 7) is 1.87. The highest BCUT2D eigenvalue weighted by Gasteiger charge is 2.22. The summed E-state index contributed by atoms with van der Waals surface area (Å²) in [6, 6.07) is 11.7. The van der Waals surface area contributed by atoms with E-state index in [0.29, 0.717) is 26.9 Å². The lowest BCUT2D eigenvalue weighted by Gasteiger charge is -2.11. The standard InChI is InChI=1S/C19H16Cl2O5/c1-2-13(17(18(22)23)19(24)25)11-6-8-12(9-7-11)26-10-14-15(20)4-3-5-16(14)21/h3-9H,2,10H2,1H3,(H,22,23)(H,24,25). The zero-order valence-electron chi connectivity index (χ0n) is 13.8. The van der Waals surface area contributed by atoms with E-state index in [2.05, 4.69) is 0 Å². The molecular formula is C19H16Cl2O5. The molecule has 0 radical (unpaired) electrons. The van der Waals surface area contributed by atoms with E-state index in [1.54, 1.807) is 49.4 Å². The van der Waals surface area contributed by atoms with Crippen molar-refractivity contribution in [2.24, 2.45) is 0 Å². The fourth-order valence-electron chi connectivity index (χ4n) is 2.45. The molecule has 0 amide bonds. The van der Waals surface area contributed by atoms with Crippen molar-refractivity contribution in [2.75, 3.05) is 0 Å². The van der Waals surface area contributed by atoms with Crippen LogP contribution in [0.25, 0.3) is 5.57 Å². The normalized spacial score (nSPS) is 10.3. The van der Waals surface area contributed by atoms with Crippen LogP contribution in [0.15, 0.2) is 48.0 Å². The Morgan fingerprint density at radius 3 is 1.96 bits per heavy atom. The summed E-state index contributed by atoms with van der Waals surface area (Å²) in [5.41, 5.74) is 0.776. The van der Waals surface area contributed by atoms with Gasteiger partial charge < -0.3 is 14.9 Å². The number of benzene rings is 2. The summed E-state index contributed by atoms with van der Waals surface area (Å²) >= 11 is 12.2. The van der Waals surface area contributed by atoms with Gasteiger partial charge in [-0.15, -0.1) is 0 Å². The Morgan fingerprint density at radius 1 is 0.962 bits per heavy atom. The van der Waals surface area contributed by atoms with E-state index in [9.17, 15) is 9.59 Å². The number of allylic oxidation sites excluding steroid dienone is 1. The number of aliphatic carboxylic acids is 2. The molecule has 5 nitrogen and oxygen atoms in total. The summed E-state index contributed by atoms with van der Waals surface area (Å²) in [5.74, 6) is -2.42. The predicted octanol–water partition coefficient (Wildman–Crippen LogP) is 4.91. The Kier molecular flexibility index (Phi) is 6.66. The molecule has 2 N–H and O–H groups in total. The molecule has 0 bridgehead atoms. The van der Waals surface area contributed by atoms with Crippen molar-refractivity contribution in [1.29, 1.82) is 0 Å². The van der Waals surface area contributed by atoms with Gasteiger partial charge in [0.15, 0.2) is 0 Å². The van der Waals surface area contributed by atoms with Gasteiger partial charge in [-0.3, -0.25) is 0 Å². The Labute approximate surface area is 160 Å². The molecule has 26 heavy (non-hydrogen) atoms. The van der Waals surface area contributed by atoms with E-state index in [0.717, 1.165) is 0 Å². The van der Waals surface area contributed by atoms with Gasteiger partial charge in [-0.1, -0.05) is 48.3 Å². The third-order valence-electron chi connectivity index (χ3n) is 3.73. The lowest BCUT2D eigenvalue weighted by Crippen LogP contribution is -2.13. The lowest BCUT2D eigenvalue weighted by molar-refractivity contribution is -0.140. The van der Waals surface area contributed by atoms with Crippen LogP contribution in [0.1, 0.15) is 24.5 Å². The summed E-state index contributed by atoms with van der Waals surface area (Å²) in [7, 11) is 0. The van der Waals surface area contributed by atoms with E-state index >= 15 is 0 Å². The molecule has 0 fully saturated rings. The maximum absolute atomic E-state index is 11.2. The summed E-state index contributed by atoms with van der Waals surface area (Å²) in [4.78, 5) is 22.4. The van der Waals surface area contributed by atoms with Crippen LogP contribution in [0.4, 0.5) is 0 Å². The van der Waals surface area contributed by atoms with Crippen molar-refractivity contribution in [3.8, 4) is 5.75 Å². The molecule has 0 aliphatic rings. The van der Waals surface area contributed by atoms with Crippen LogP contribution in [0.3, 0.4) is 0 Å². The van der Waals surface area contributed by atoms with Crippen LogP contribution in [0, 0.1) is 0 Å². The second kappa shape index (κ2) is 8.74. The van der Waals surface area contributed by atoms with Gasteiger partial charge in [-0.25, -0.2) is 9.59 Å². The molecule has 0 aliphatic carbocycles. The van der Waals surface area contributed by atoms with E-state index in [1.165, 1.54) is 0 Å². The molecule has 0 heterocycles. The highest BCUT2D eigenvalue weighted by atomic mass is 35.5. The van der Waals surface area contributed by atoms with Crippen molar-refractivity contribution in [2.45, 2.75) is 20.0 Å². The zero-order valence-corrected chi connectivity index (χ0v) is 15.3. The fraction of sp³-hybridized carbons (Fsp3) is 0.158. The van der Waals surface area contributed by atoms with Crippen molar-refractivity contribution >= 4 is 40.7 Å². The average molecular weight is 395 g/mol. The van der Waals surface area contributed by atoms with Crippen molar-refractivity contribution in [1.82, 2.24) is 0 Å². The molecule has 0 atom stereocenters. The zero-order chi connectivity index (χ0) is 19.3. The van der Waals surface area contributed by atoms with Gasteiger partial charge in [0.05, 0.1) is 0 Å². The smallest absolute Gasteiger partial charge is 0.343 e. The number of ether oxygens (including phenoxy) is 1. The van der Waals surface area contributed by atoms with Gasteiger partial charge in [-0.2, -0.15) is 0 Å². The fourth-order valence-corrected chi connectivity index (χ4v) is 2.96. The highest BCUT2D eigenvalue weighted by molar-refractivity contribution is 6.35. The summed E-state index contributed by atoms with van der Waals surface area (Å²) in [5, 5.41) is 19.3. The molecule has 0 aliphatic heterocycles. The Morgan fingerprint density at radius 2 is 1.50 bits per heavy atom. The minimum absolute atomic E-state index is 0.170. The van der Waals surface area contributed by atoms with Gasteiger partial charge in [0.2, 0.25) is 0 Å². The largest absolute Gasteiger partial charge is 0.489 e. The molecule has 136 valence electrons. The van der Waals surface area contributed by atoms with Gasteiger partial charge in [0, 0.05) is 15.6 Å². The third kappa shape index (κ3) is 4.56.